The molecule has 1 aliphatic rings. The SMILES string of the molecule is COc1cc(/C=C/c2nc3n(n2)CCCC[C@H]3c2cc(F)c(F)c(F)c2)ccc1-n1cnc(C)c1. The Morgan fingerprint density at radius 2 is 1.86 bits per heavy atom. The summed E-state index contributed by atoms with van der Waals surface area (Å²) in [5.41, 5.74) is 3.04. The van der Waals surface area contributed by atoms with Gasteiger partial charge < -0.3 is 9.30 Å². The minimum atomic E-state index is -1.46. The van der Waals surface area contributed by atoms with Crippen LogP contribution in [0.4, 0.5) is 13.2 Å². The predicted octanol–water partition coefficient (Wildman–Crippen LogP) is 5.68. The zero-order valence-electron chi connectivity index (χ0n) is 19.4. The fraction of sp³-hybridized carbons (Fsp3) is 0.269. The molecule has 9 heteroatoms. The number of hydrogen-bond acceptors (Lipinski definition) is 4. The van der Waals surface area contributed by atoms with Crippen molar-refractivity contribution < 1.29 is 17.9 Å². The van der Waals surface area contributed by atoms with Crippen molar-refractivity contribution in [2.24, 2.45) is 0 Å². The molecule has 6 nitrogen and oxygen atoms in total. The van der Waals surface area contributed by atoms with Crippen LogP contribution in [0.5, 0.6) is 5.75 Å². The molecule has 0 saturated carbocycles. The van der Waals surface area contributed by atoms with Crippen molar-refractivity contribution in [1.29, 1.82) is 0 Å². The van der Waals surface area contributed by atoms with Crippen LogP contribution in [0.15, 0.2) is 42.9 Å². The second kappa shape index (κ2) is 9.40. The Labute approximate surface area is 200 Å². The standard InChI is InChI=1S/C26H24F3N5O/c1-16-14-33(15-30-16)22-8-6-17(11-23(22)35-2)7-9-24-31-26-19(5-3-4-10-34(26)32-24)18-12-20(27)25(29)21(28)13-18/h6-9,11-15,19H,3-5,10H2,1-2H3/b9-7+/t19-/m0/s1. The average Bonchev–Trinajstić information content (AvgIpc) is 3.41. The van der Waals surface area contributed by atoms with Crippen LogP contribution in [0, 0.1) is 24.4 Å². The van der Waals surface area contributed by atoms with Crippen molar-refractivity contribution in [3.05, 3.63) is 88.8 Å². The van der Waals surface area contributed by atoms with Crippen LogP contribution in [-0.4, -0.2) is 31.4 Å². The van der Waals surface area contributed by atoms with E-state index < -0.39 is 17.5 Å². The van der Waals surface area contributed by atoms with E-state index in [0.29, 0.717) is 35.9 Å². The molecule has 0 saturated heterocycles. The normalized spacial score (nSPS) is 15.9. The van der Waals surface area contributed by atoms with Crippen LogP contribution in [0.2, 0.25) is 0 Å². The molecule has 180 valence electrons. The van der Waals surface area contributed by atoms with Crippen LogP contribution in [0.25, 0.3) is 17.8 Å². The highest BCUT2D eigenvalue weighted by molar-refractivity contribution is 5.69. The Kier molecular flexibility index (Phi) is 6.15. The number of halogens is 3. The number of methoxy groups -OCH3 is 1. The number of benzene rings is 2. The quantitative estimate of drug-likeness (QED) is 0.346. The summed E-state index contributed by atoms with van der Waals surface area (Å²) in [4.78, 5) is 8.92. The van der Waals surface area contributed by atoms with Crippen molar-refractivity contribution in [2.75, 3.05) is 7.11 Å². The molecular weight excluding hydrogens is 455 g/mol. The van der Waals surface area contributed by atoms with E-state index in [1.807, 2.05) is 42.0 Å². The highest BCUT2D eigenvalue weighted by Crippen LogP contribution is 2.33. The van der Waals surface area contributed by atoms with E-state index in [2.05, 4.69) is 15.1 Å². The summed E-state index contributed by atoms with van der Waals surface area (Å²) in [7, 11) is 1.62. The third kappa shape index (κ3) is 4.58. The molecule has 0 fully saturated rings. The first-order valence-corrected chi connectivity index (χ1v) is 11.4. The van der Waals surface area contributed by atoms with Gasteiger partial charge in [-0.15, -0.1) is 0 Å². The first kappa shape index (κ1) is 22.9. The molecule has 0 amide bonds. The average molecular weight is 480 g/mol. The highest BCUT2D eigenvalue weighted by atomic mass is 19.2. The van der Waals surface area contributed by atoms with Gasteiger partial charge in [-0.25, -0.2) is 27.8 Å². The molecule has 0 radical (unpaired) electrons. The maximum Gasteiger partial charge on any atom is 0.194 e. The van der Waals surface area contributed by atoms with Crippen molar-refractivity contribution in [3.8, 4) is 11.4 Å². The van der Waals surface area contributed by atoms with Gasteiger partial charge in [0.2, 0.25) is 0 Å². The number of hydrogen-bond donors (Lipinski definition) is 0. The van der Waals surface area contributed by atoms with Crippen LogP contribution in [-0.2, 0) is 6.54 Å². The lowest BCUT2D eigenvalue weighted by Gasteiger charge is -2.14. The molecule has 4 aromatic rings. The minimum Gasteiger partial charge on any atom is -0.495 e. The molecule has 35 heavy (non-hydrogen) atoms. The fourth-order valence-corrected chi connectivity index (χ4v) is 4.43. The van der Waals surface area contributed by atoms with E-state index in [9.17, 15) is 13.2 Å². The zero-order valence-corrected chi connectivity index (χ0v) is 19.4. The summed E-state index contributed by atoms with van der Waals surface area (Å²) in [6, 6.07) is 7.92. The fourth-order valence-electron chi connectivity index (χ4n) is 4.43. The van der Waals surface area contributed by atoms with E-state index in [0.717, 1.165) is 41.9 Å². The number of imidazole rings is 1. The lowest BCUT2D eigenvalue weighted by atomic mass is 9.93. The molecule has 0 unspecified atom stereocenters. The van der Waals surface area contributed by atoms with Gasteiger partial charge in [-0.2, -0.15) is 5.10 Å². The summed E-state index contributed by atoms with van der Waals surface area (Å²) in [5, 5.41) is 4.59. The van der Waals surface area contributed by atoms with Crippen molar-refractivity contribution >= 4 is 12.2 Å². The van der Waals surface area contributed by atoms with E-state index in [1.165, 1.54) is 0 Å². The number of aryl methyl sites for hydroxylation is 2. The summed E-state index contributed by atoms with van der Waals surface area (Å²) >= 11 is 0. The molecule has 0 bridgehead atoms. The van der Waals surface area contributed by atoms with Gasteiger partial charge in [0.25, 0.3) is 0 Å². The van der Waals surface area contributed by atoms with Gasteiger partial charge in [0.05, 0.1) is 24.8 Å². The maximum atomic E-state index is 13.9. The second-order valence-corrected chi connectivity index (χ2v) is 8.59. The molecule has 0 N–H and O–H groups in total. The second-order valence-electron chi connectivity index (χ2n) is 8.59. The van der Waals surface area contributed by atoms with Gasteiger partial charge >= 0.3 is 0 Å². The highest BCUT2D eigenvalue weighted by Gasteiger charge is 2.26. The molecule has 2 aromatic heterocycles. The van der Waals surface area contributed by atoms with Crippen molar-refractivity contribution in [2.45, 2.75) is 38.6 Å². The van der Waals surface area contributed by atoms with Crippen LogP contribution >= 0.6 is 0 Å². The zero-order chi connectivity index (χ0) is 24.5. The minimum absolute atomic E-state index is 0.363. The van der Waals surface area contributed by atoms with Crippen LogP contribution in [0.3, 0.4) is 0 Å². The number of nitrogens with zero attached hydrogens (tertiary/aromatic N) is 5. The van der Waals surface area contributed by atoms with Gasteiger partial charge in [-0.05, 0) is 61.2 Å². The number of fused-ring (bicyclic) bond motifs is 1. The molecule has 2 aromatic carbocycles. The smallest absolute Gasteiger partial charge is 0.194 e. The Balaban J connectivity index is 1.44. The van der Waals surface area contributed by atoms with Gasteiger partial charge in [0.15, 0.2) is 23.3 Å². The molecule has 0 aliphatic carbocycles. The first-order chi connectivity index (χ1) is 16.9. The summed E-state index contributed by atoms with van der Waals surface area (Å²) < 4.78 is 50.5. The Morgan fingerprint density at radius 3 is 2.57 bits per heavy atom. The Bertz CT molecular complexity index is 1380. The molecule has 1 aliphatic heterocycles. The lowest BCUT2D eigenvalue weighted by molar-refractivity contribution is 0.413. The van der Waals surface area contributed by atoms with Crippen molar-refractivity contribution in [1.82, 2.24) is 24.3 Å². The summed E-state index contributed by atoms with van der Waals surface area (Å²) in [6.45, 7) is 2.58. The lowest BCUT2D eigenvalue weighted by Crippen LogP contribution is -2.09. The van der Waals surface area contributed by atoms with Gasteiger partial charge in [-0.3, -0.25) is 0 Å². The topological polar surface area (TPSA) is 57.8 Å². The third-order valence-corrected chi connectivity index (χ3v) is 6.17. The molecular formula is C26H24F3N5O. The summed E-state index contributed by atoms with van der Waals surface area (Å²) in [5.74, 6) is -2.41. The largest absolute Gasteiger partial charge is 0.495 e. The van der Waals surface area contributed by atoms with E-state index in [4.69, 9.17) is 4.74 Å². The van der Waals surface area contributed by atoms with Crippen LogP contribution < -0.4 is 4.74 Å². The maximum absolute atomic E-state index is 13.9. The van der Waals surface area contributed by atoms with E-state index in [1.54, 1.807) is 24.2 Å². The van der Waals surface area contributed by atoms with Crippen molar-refractivity contribution in [3.63, 3.8) is 0 Å². The first-order valence-electron chi connectivity index (χ1n) is 11.4. The van der Waals surface area contributed by atoms with E-state index in [-0.39, 0.29) is 5.92 Å². The van der Waals surface area contributed by atoms with Gasteiger partial charge in [0.1, 0.15) is 11.6 Å². The third-order valence-electron chi connectivity index (χ3n) is 6.17. The molecule has 1 atom stereocenters. The number of aromatic nitrogens is 5. The monoisotopic (exact) mass is 479 g/mol. The van der Waals surface area contributed by atoms with E-state index >= 15 is 0 Å². The Morgan fingerprint density at radius 1 is 1.06 bits per heavy atom. The Hall–Kier alpha value is -3.88. The van der Waals surface area contributed by atoms with Gasteiger partial charge in [-0.1, -0.05) is 18.6 Å². The summed E-state index contributed by atoms with van der Waals surface area (Å²) in [6.07, 6.45) is 9.70. The molecule has 5 rings (SSSR count). The molecule has 0 spiro atoms. The number of ether oxygens (including phenoxy) is 1. The van der Waals surface area contributed by atoms with Gasteiger partial charge in [0, 0.05) is 18.7 Å². The molecule has 3 heterocycles. The predicted molar refractivity (Wildman–Crippen MR) is 126 cm³/mol. The number of rotatable bonds is 5. The van der Waals surface area contributed by atoms with Crippen LogP contribution in [0.1, 0.15) is 53.7 Å².